The number of hydrogen-bond acceptors (Lipinski definition) is 5. The molecule has 3 heterocycles. The van der Waals surface area contributed by atoms with E-state index >= 15 is 0 Å². The predicted molar refractivity (Wildman–Crippen MR) is 80.0 cm³/mol. The van der Waals surface area contributed by atoms with Gasteiger partial charge in [0.1, 0.15) is 12.1 Å². The highest BCUT2D eigenvalue weighted by atomic mass is 16.2. The number of rotatable bonds is 3. The van der Waals surface area contributed by atoms with Gasteiger partial charge in [0.2, 0.25) is 5.91 Å². The fraction of sp³-hybridized carbons (Fsp3) is 0.333. The Balaban J connectivity index is 1.67. The van der Waals surface area contributed by atoms with Crippen molar-refractivity contribution in [3.8, 4) is 12.0 Å². The van der Waals surface area contributed by atoms with Crippen LogP contribution < -0.4 is 5.32 Å². The van der Waals surface area contributed by atoms with E-state index in [2.05, 4.69) is 21.5 Å². The SMILES string of the molecule is Cc1ccnc(-n2cnc(NC(=O)[C@H]3CCN(C#N)C3)c2)c1. The van der Waals surface area contributed by atoms with Crippen molar-refractivity contribution in [3.05, 3.63) is 36.4 Å². The summed E-state index contributed by atoms with van der Waals surface area (Å²) < 4.78 is 1.76. The zero-order valence-corrected chi connectivity index (χ0v) is 12.2. The number of imidazole rings is 1. The first-order valence-electron chi connectivity index (χ1n) is 7.08. The highest BCUT2D eigenvalue weighted by Gasteiger charge is 2.28. The molecule has 0 aromatic carbocycles. The third-order valence-electron chi connectivity index (χ3n) is 3.70. The van der Waals surface area contributed by atoms with Crippen LogP contribution in [0, 0.1) is 24.3 Å². The van der Waals surface area contributed by atoms with E-state index in [0.717, 1.165) is 11.4 Å². The van der Waals surface area contributed by atoms with Crippen LogP contribution in [0.15, 0.2) is 30.9 Å². The highest BCUT2D eigenvalue weighted by molar-refractivity contribution is 5.92. The van der Waals surface area contributed by atoms with E-state index in [-0.39, 0.29) is 11.8 Å². The van der Waals surface area contributed by atoms with Crippen LogP contribution in [0.4, 0.5) is 5.82 Å². The van der Waals surface area contributed by atoms with E-state index in [1.54, 1.807) is 28.2 Å². The monoisotopic (exact) mass is 296 g/mol. The molecule has 1 aliphatic heterocycles. The number of carbonyl (C=O) groups excluding carboxylic acids is 1. The van der Waals surface area contributed by atoms with Gasteiger partial charge in [-0.2, -0.15) is 5.26 Å². The maximum Gasteiger partial charge on any atom is 0.230 e. The summed E-state index contributed by atoms with van der Waals surface area (Å²) in [5.74, 6) is 0.982. The average molecular weight is 296 g/mol. The molecular weight excluding hydrogens is 280 g/mol. The topological polar surface area (TPSA) is 86.8 Å². The largest absolute Gasteiger partial charge is 0.310 e. The van der Waals surface area contributed by atoms with Gasteiger partial charge < -0.3 is 10.2 Å². The van der Waals surface area contributed by atoms with Crippen molar-refractivity contribution < 1.29 is 4.79 Å². The number of nitriles is 1. The van der Waals surface area contributed by atoms with Gasteiger partial charge >= 0.3 is 0 Å². The van der Waals surface area contributed by atoms with Gasteiger partial charge in [-0.05, 0) is 31.0 Å². The first-order valence-corrected chi connectivity index (χ1v) is 7.08. The van der Waals surface area contributed by atoms with Crippen LogP contribution in [0.2, 0.25) is 0 Å². The second-order valence-corrected chi connectivity index (χ2v) is 5.38. The number of hydrogen-bond donors (Lipinski definition) is 1. The van der Waals surface area contributed by atoms with Gasteiger partial charge in [-0.1, -0.05) is 0 Å². The van der Waals surface area contributed by atoms with Crippen LogP contribution in [-0.2, 0) is 4.79 Å². The lowest BCUT2D eigenvalue weighted by Gasteiger charge is -2.08. The Morgan fingerprint density at radius 2 is 2.36 bits per heavy atom. The zero-order valence-electron chi connectivity index (χ0n) is 12.2. The Morgan fingerprint density at radius 3 is 3.09 bits per heavy atom. The van der Waals surface area contributed by atoms with E-state index < -0.39 is 0 Å². The van der Waals surface area contributed by atoms with Gasteiger partial charge in [-0.15, -0.1) is 0 Å². The van der Waals surface area contributed by atoms with Crippen molar-refractivity contribution in [2.45, 2.75) is 13.3 Å². The molecule has 1 amide bonds. The maximum absolute atomic E-state index is 12.2. The van der Waals surface area contributed by atoms with Crippen molar-refractivity contribution >= 4 is 11.7 Å². The molecule has 112 valence electrons. The molecule has 7 heteroatoms. The second kappa shape index (κ2) is 5.85. The van der Waals surface area contributed by atoms with Gasteiger partial charge in [-0.3, -0.25) is 9.36 Å². The van der Waals surface area contributed by atoms with Crippen LogP contribution in [0.1, 0.15) is 12.0 Å². The molecule has 1 N–H and O–H groups in total. The van der Waals surface area contributed by atoms with Crippen molar-refractivity contribution in [3.63, 3.8) is 0 Å². The summed E-state index contributed by atoms with van der Waals surface area (Å²) in [7, 11) is 0. The second-order valence-electron chi connectivity index (χ2n) is 5.38. The molecular formula is C15H16N6O. The predicted octanol–water partition coefficient (Wildman–Crippen LogP) is 1.32. The molecule has 2 aromatic heterocycles. The summed E-state index contributed by atoms with van der Waals surface area (Å²) in [5.41, 5.74) is 1.10. The van der Waals surface area contributed by atoms with E-state index in [0.29, 0.717) is 25.3 Å². The van der Waals surface area contributed by atoms with Crippen molar-refractivity contribution in [1.29, 1.82) is 5.26 Å². The van der Waals surface area contributed by atoms with Gasteiger partial charge in [0.05, 0.1) is 12.1 Å². The third-order valence-corrected chi connectivity index (χ3v) is 3.70. The minimum absolute atomic E-state index is 0.0970. The van der Waals surface area contributed by atoms with Crippen LogP contribution in [-0.4, -0.2) is 38.4 Å². The fourth-order valence-electron chi connectivity index (χ4n) is 2.47. The summed E-state index contributed by atoms with van der Waals surface area (Å²) >= 11 is 0. The molecule has 0 aliphatic carbocycles. The molecule has 0 radical (unpaired) electrons. The molecule has 3 rings (SSSR count). The lowest BCUT2D eigenvalue weighted by Crippen LogP contribution is -2.25. The van der Waals surface area contributed by atoms with Gasteiger partial charge in [0.25, 0.3) is 0 Å². The highest BCUT2D eigenvalue weighted by Crippen LogP contribution is 2.18. The Bertz CT molecular complexity index is 732. The molecule has 1 saturated heterocycles. The molecule has 1 aliphatic rings. The number of nitrogens with one attached hydrogen (secondary N) is 1. The van der Waals surface area contributed by atoms with E-state index in [9.17, 15) is 4.79 Å². The minimum atomic E-state index is -0.165. The van der Waals surface area contributed by atoms with Crippen LogP contribution >= 0.6 is 0 Å². The number of aryl methyl sites for hydroxylation is 1. The number of aromatic nitrogens is 3. The molecule has 22 heavy (non-hydrogen) atoms. The van der Waals surface area contributed by atoms with E-state index in [1.807, 2.05) is 19.1 Å². The number of nitrogens with zero attached hydrogens (tertiary/aromatic N) is 5. The van der Waals surface area contributed by atoms with E-state index in [1.165, 1.54) is 0 Å². The quantitative estimate of drug-likeness (QED) is 0.863. The van der Waals surface area contributed by atoms with Gasteiger partial charge in [0, 0.05) is 19.3 Å². The number of likely N-dealkylation sites (tertiary alicyclic amines) is 1. The summed E-state index contributed by atoms with van der Waals surface area (Å²) in [5, 5.41) is 11.6. The first kappa shape index (κ1) is 14.1. The number of carbonyl (C=O) groups is 1. The van der Waals surface area contributed by atoms with Crippen molar-refractivity contribution in [2.24, 2.45) is 5.92 Å². The Morgan fingerprint density at radius 1 is 1.50 bits per heavy atom. The van der Waals surface area contributed by atoms with Crippen LogP contribution in [0.25, 0.3) is 5.82 Å². The Hall–Kier alpha value is -2.88. The number of anilines is 1. The fourth-order valence-corrected chi connectivity index (χ4v) is 2.47. The maximum atomic E-state index is 12.2. The van der Waals surface area contributed by atoms with Crippen molar-refractivity contribution in [1.82, 2.24) is 19.4 Å². The first-order chi connectivity index (χ1) is 10.7. The Kier molecular flexibility index (Phi) is 3.74. The molecule has 0 saturated carbocycles. The molecule has 0 bridgehead atoms. The van der Waals surface area contributed by atoms with Crippen LogP contribution in [0.3, 0.4) is 0 Å². The van der Waals surface area contributed by atoms with E-state index in [4.69, 9.17) is 5.26 Å². The summed E-state index contributed by atoms with van der Waals surface area (Å²) in [6, 6.07) is 3.86. The third kappa shape index (κ3) is 2.91. The molecule has 2 aromatic rings. The lowest BCUT2D eigenvalue weighted by atomic mass is 10.1. The smallest absolute Gasteiger partial charge is 0.230 e. The Labute approximate surface area is 128 Å². The van der Waals surface area contributed by atoms with Gasteiger partial charge in [0.15, 0.2) is 12.0 Å². The molecule has 0 unspecified atom stereocenters. The average Bonchev–Trinajstić information content (AvgIpc) is 3.16. The summed E-state index contributed by atoms with van der Waals surface area (Å²) in [4.78, 5) is 22.2. The standard InChI is InChI=1S/C15H16N6O/c1-11-2-4-17-14(6-11)21-8-13(18-10-21)19-15(22)12-3-5-20(7-12)9-16/h2,4,6,8,10,12H,3,5,7H2,1H3,(H,19,22)/t12-/m0/s1. The zero-order chi connectivity index (χ0) is 15.5. The molecule has 1 fully saturated rings. The summed E-state index contributed by atoms with van der Waals surface area (Å²) in [6.07, 6.45) is 7.85. The van der Waals surface area contributed by atoms with Crippen LogP contribution in [0.5, 0.6) is 0 Å². The summed E-state index contributed by atoms with van der Waals surface area (Å²) in [6.45, 7) is 3.10. The minimum Gasteiger partial charge on any atom is -0.310 e. The van der Waals surface area contributed by atoms with Gasteiger partial charge in [-0.25, -0.2) is 9.97 Å². The van der Waals surface area contributed by atoms with Crippen molar-refractivity contribution in [2.75, 3.05) is 18.4 Å². The number of pyridine rings is 1. The molecule has 0 spiro atoms. The molecule has 1 atom stereocenters. The number of amides is 1. The normalized spacial score (nSPS) is 17.3. The molecule has 7 nitrogen and oxygen atoms in total. The lowest BCUT2D eigenvalue weighted by molar-refractivity contribution is -0.119.